The Balaban J connectivity index is 1.56. The molecule has 1 aliphatic carbocycles. The summed E-state index contributed by atoms with van der Waals surface area (Å²) in [6.07, 6.45) is 7.68. The highest BCUT2D eigenvalue weighted by atomic mass is 16.5. The van der Waals surface area contributed by atoms with Crippen molar-refractivity contribution in [2.45, 2.75) is 37.8 Å². The van der Waals surface area contributed by atoms with Gasteiger partial charge in [-0.3, -0.25) is 0 Å². The van der Waals surface area contributed by atoms with E-state index in [1.807, 2.05) is 9.58 Å². The van der Waals surface area contributed by atoms with Crippen molar-refractivity contribution < 1.29 is 9.53 Å². The van der Waals surface area contributed by atoms with Gasteiger partial charge in [0, 0.05) is 20.2 Å². The molecule has 0 aromatic carbocycles. The van der Waals surface area contributed by atoms with Gasteiger partial charge in [0.2, 0.25) is 0 Å². The molecule has 1 aromatic rings. The van der Waals surface area contributed by atoms with Crippen molar-refractivity contribution >= 4 is 6.03 Å². The highest BCUT2D eigenvalue weighted by Gasteiger charge is 2.34. The smallest absolute Gasteiger partial charge is 0.317 e. The van der Waals surface area contributed by atoms with Crippen molar-refractivity contribution in [1.82, 2.24) is 25.0 Å². The summed E-state index contributed by atoms with van der Waals surface area (Å²) in [5, 5.41) is 7.32. The van der Waals surface area contributed by atoms with Gasteiger partial charge in [0.25, 0.3) is 0 Å². The number of nitrogens with zero attached hydrogens (tertiary/aromatic N) is 4. The van der Waals surface area contributed by atoms with Crippen LogP contribution in [0.2, 0.25) is 0 Å². The Kier molecular flexibility index (Phi) is 4.38. The van der Waals surface area contributed by atoms with E-state index < -0.39 is 0 Å². The molecule has 1 saturated heterocycles. The number of ether oxygens (including phenoxy) is 1. The Hall–Kier alpha value is -1.63. The number of hydrogen-bond acceptors (Lipinski definition) is 4. The van der Waals surface area contributed by atoms with E-state index in [2.05, 4.69) is 15.4 Å². The topological polar surface area (TPSA) is 72.3 Å². The summed E-state index contributed by atoms with van der Waals surface area (Å²) >= 11 is 0. The maximum absolute atomic E-state index is 12.4. The minimum atomic E-state index is 0.0220. The molecule has 1 saturated carbocycles. The molecule has 7 nitrogen and oxygen atoms in total. The van der Waals surface area contributed by atoms with Gasteiger partial charge in [-0.05, 0) is 31.6 Å². The van der Waals surface area contributed by atoms with Crippen LogP contribution in [0.25, 0.3) is 0 Å². The highest BCUT2D eigenvalue weighted by Crippen LogP contribution is 2.33. The lowest BCUT2D eigenvalue weighted by Crippen LogP contribution is -2.50. The molecular formula is C14H23N5O2. The number of carbonyl (C=O) groups is 1. The Morgan fingerprint density at radius 2 is 2.33 bits per heavy atom. The lowest BCUT2D eigenvalue weighted by Gasteiger charge is -2.33. The summed E-state index contributed by atoms with van der Waals surface area (Å²) in [5.41, 5.74) is 0. The summed E-state index contributed by atoms with van der Waals surface area (Å²) in [6, 6.07) is 0.400. The molecule has 2 fully saturated rings. The largest absolute Gasteiger partial charge is 0.383 e. The second-order valence-corrected chi connectivity index (χ2v) is 5.97. The number of hydrogen-bond donors (Lipinski definition) is 1. The third-order valence-corrected chi connectivity index (χ3v) is 4.34. The predicted molar refractivity (Wildman–Crippen MR) is 76.8 cm³/mol. The summed E-state index contributed by atoms with van der Waals surface area (Å²) < 4.78 is 7.07. The van der Waals surface area contributed by atoms with Crippen molar-refractivity contribution in [3.63, 3.8) is 0 Å². The maximum Gasteiger partial charge on any atom is 0.317 e. The molecule has 7 heteroatoms. The van der Waals surface area contributed by atoms with Gasteiger partial charge in [-0.25, -0.2) is 14.5 Å². The standard InChI is InChI=1S/C14H23N5O2/c1-21-8-13(11-4-5-11)17-14(20)18-6-2-3-12(7-18)19-10-15-9-16-19/h9-13H,2-8H2,1H3,(H,17,20)/t12-,13-/m0/s1. The van der Waals surface area contributed by atoms with Crippen molar-refractivity contribution in [3.8, 4) is 0 Å². The molecule has 0 unspecified atom stereocenters. The van der Waals surface area contributed by atoms with Crippen LogP contribution in [0.5, 0.6) is 0 Å². The van der Waals surface area contributed by atoms with Crippen LogP contribution in [0.15, 0.2) is 12.7 Å². The molecule has 0 radical (unpaired) electrons. The Labute approximate surface area is 124 Å². The minimum Gasteiger partial charge on any atom is -0.383 e. The molecule has 21 heavy (non-hydrogen) atoms. The van der Waals surface area contributed by atoms with Crippen LogP contribution in [0, 0.1) is 5.92 Å². The van der Waals surface area contributed by atoms with E-state index in [-0.39, 0.29) is 18.1 Å². The Morgan fingerprint density at radius 1 is 1.48 bits per heavy atom. The quantitative estimate of drug-likeness (QED) is 0.881. The van der Waals surface area contributed by atoms with Crippen molar-refractivity contribution in [1.29, 1.82) is 0 Å². The van der Waals surface area contributed by atoms with Crippen molar-refractivity contribution in [3.05, 3.63) is 12.7 Å². The van der Waals surface area contributed by atoms with E-state index in [1.54, 1.807) is 19.8 Å². The molecule has 3 rings (SSSR count). The first-order valence-electron chi connectivity index (χ1n) is 7.66. The van der Waals surface area contributed by atoms with Gasteiger partial charge in [0.1, 0.15) is 12.7 Å². The average molecular weight is 293 g/mol. The first-order valence-corrected chi connectivity index (χ1v) is 7.66. The molecule has 0 bridgehead atoms. The predicted octanol–water partition coefficient (Wildman–Crippen LogP) is 1.05. The lowest BCUT2D eigenvalue weighted by atomic mass is 10.1. The summed E-state index contributed by atoms with van der Waals surface area (Å²) in [6.45, 7) is 2.09. The number of likely N-dealkylation sites (tertiary alicyclic amines) is 1. The zero-order valence-corrected chi connectivity index (χ0v) is 12.4. The van der Waals surface area contributed by atoms with Crippen LogP contribution in [0.3, 0.4) is 0 Å². The number of piperidine rings is 1. The van der Waals surface area contributed by atoms with Gasteiger partial charge in [0.05, 0.1) is 18.7 Å². The number of urea groups is 1. The number of aromatic nitrogens is 3. The van der Waals surface area contributed by atoms with Gasteiger partial charge in [0.15, 0.2) is 0 Å². The first kappa shape index (κ1) is 14.3. The van der Waals surface area contributed by atoms with Crippen LogP contribution in [0.4, 0.5) is 4.79 Å². The molecule has 2 heterocycles. The normalized spacial score (nSPS) is 23.9. The molecule has 2 amide bonds. The van der Waals surface area contributed by atoms with Crippen molar-refractivity contribution in [2.24, 2.45) is 5.92 Å². The van der Waals surface area contributed by atoms with Crippen LogP contribution >= 0.6 is 0 Å². The molecule has 1 aliphatic heterocycles. The fraction of sp³-hybridized carbons (Fsp3) is 0.786. The van der Waals surface area contributed by atoms with Crippen LogP contribution in [-0.2, 0) is 4.74 Å². The summed E-state index contributed by atoms with van der Waals surface area (Å²) in [4.78, 5) is 18.3. The SMILES string of the molecule is COC[C@H](NC(=O)N1CCC[C@H](n2cncn2)C1)C1CC1. The third kappa shape index (κ3) is 3.53. The van der Waals surface area contributed by atoms with Gasteiger partial charge in [-0.1, -0.05) is 0 Å². The highest BCUT2D eigenvalue weighted by molar-refractivity contribution is 5.74. The van der Waals surface area contributed by atoms with Crippen LogP contribution < -0.4 is 5.32 Å². The van der Waals surface area contributed by atoms with E-state index >= 15 is 0 Å². The van der Waals surface area contributed by atoms with E-state index in [4.69, 9.17) is 4.74 Å². The molecule has 2 aliphatic rings. The molecule has 1 N–H and O–H groups in total. The van der Waals surface area contributed by atoms with Crippen molar-refractivity contribution in [2.75, 3.05) is 26.8 Å². The van der Waals surface area contributed by atoms with Crippen LogP contribution in [0.1, 0.15) is 31.7 Å². The van der Waals surface area contributed by atoms with E-state index in [0.29, 0.717) is 19.1 Å². The van der Waals surface area contributed by atoms with E-state index in [0.717, 1.165) is 19.4 Å². The lowest BCUT2D eigenvalue weighted by molar-refractivity contribution is 0.135. The van der Waals surface area contributed by atoms with E-state index in [9.17, 15) is 4.79 Å². The molecule has 116 valence electrons. The molecule has 0 spiro atoms. The minimum absolute atomic E-state index is 0.0220. The fourth-order valence-electron chi connectivity index (χ4n) is 2.98. The number of amides is 2. The zero-order valence-electron chi connectivity index (χ0n) is 12.4. The summed E-state index contributed by atoms with van der Waals surface area (Å²) in [7, 11) is 1.68. The molecule has 2 atom stereocenters. The Bertz CT molecular complexity index is 460. The zero-order chi connectivity index (χ0) is 14.7. The molecule has 1 aromatic heterocycles. The van der Waals surface area contributed by atoms with Gasteiger partial charge in [-0.15, -0.1) is 0 Å². The average Bonchev–Trinajstić information content (AvgIpc) is 3.21. The maximum atomic E-state index is 12.4. The second kappa shape index (κ2) is 6.43. The fourth-order valence-corrected chi connectivity index (χ4v) is 2.98. The second-order valence-electron chi connectivity index (χ2n) is 5.97. The van der Waals surface area contributed by atoms with Gasteiger partial charge in [-0.2, -0.15) is 5.10 Å². The number of rotatable bonds is 5. The van der Waals surface area contributed by atoms with Gasteiger partial charge >= 0.3 is 6.03 Å². The molecular weight excluding hydrogens is 270 g/mol. The first-order chi connectivity index (χ1) is 10.3. The van der Waals surface area contributed by atoms with Gasteiger partial charge < -0.3 is 15.0 Å². The Morgan fingerprint density at radius 3 is 3.00 bits per heavy atom. The monoisotopic (exact) mass is 293 g/mol. The van der Waals surface area contributed by atoms with E-state index in [1.165, 1.54) is 12.8 Å². The summed E-state index contributed by atoms with van der Waals surface area (Å²) in [5.74, 6) is 0.588. The number of carbonyl (C=O) groups excluding carboxylic acids is 1. The number of nitrogens with one attached hydrogen (secondary N) is 1. The number of methoxy groups -OCH3 is 1. The third-order valence-electron chi connectivity index (χ3n) is 4.34. The van der Waals surface area contributed by atoms with Crippen LogP contribution in [-0.4, -0.2) is 58.5 Å².